The molecule has 0 saturated carbocycles. The van der Waals surface area contributed by atoms with E-state index in [0.717, 1.165) is 11.1 Å². The molecule has 4 heteroatoms. The van der Waals surface area contributed by atoms with Crippen molar-refractivity contribution in [2.75, 3.05) is 7.11 Å². The van der Waals surface area contributed by atoms with E-state index in [1.807, 2.05) is 36.4 Å². The summed E-state index contributed by atoms with van der Waals surface area (Å²) in [7, 11) is 1.36. The zero-order valence-corrected chi connectivity index (χ0v) is 12.4. The minimum absolute atomic E-state index is 0.339. The molecule has 0 aliphatic heterocycles. The molecule has 0 amide bonds. The molecule has 0 fully saturated rings. The fourth-order valence-corrected chi connectivity index (χ4v) is 1.85. The average molecular weight is 296 g/mol. The first-order chi connectivity index (χ1) is 10.6. The highest BCUT2D eigenvalue weighted by Crippen LogP contribution is 2.15. The van der Waals surface area contributed by atoms with Crippen LogP contribution in [0, 0.1) is 0 Å². The van der Waals surface area contributed by atoms with Gasteiger partial charge in [0.15, 0.2) is 0 Å². The van der Waals surface area contributed by atoms with E-state index in [1.54, 1.807) is 24.3 Å². The van der Waals surface area contributed by atoms with E-state index >= 15 is 0 Å². The van der Waals surface area contributed by atoms with Crippen LogP contribution in [0.5, 0.6) is 5.75 Å². The van der Waals surface area contributed by atoms with E-state index in [2.05, 4.69) is 4.74 Å². The average Bonchev–Trinajstić information content (AvgIpc) is 2.53. The third-order valence-corrected chi connectivity index (χ3v) is 2.94. The molecule has 0 bridgehead atoms. The minimum atomic E-state index is -0.350. The largest absolute Gasteiger partial charge is 0.465 e. The Morgan fingerprint density at radius 2 is 1.36 bits per heavy atom. The molecule has 2 aromatic rings. The van der Waals surface area contributed by atoms with Gasteiger partial charge in [-0.15, -0.1) is 0 Å². The molecule has 0 atom stereocenters. The van der Waals surface area contributed by atoms with Crippen LogP contribution in [0.3, 0.4) is 0 Å². The highest BCUT2D eigenvalue weighted by Gasteiger charge is 2.03. The molecular formula is C18H16O4. The summed E-state index contributed by atoms with van der Waals surface area (Å²) in [6, 6.07) is 14.3. The lowest BCUT2D eigenvalue weighted by Gasteiger charge is -2.01. The lowest BCUT2D eigenvalue weighted by Crippen LogP contribution is -2.00. The lowest BCUT2D eigenvalue weighted by atomic mass is 10.1. The Kier molecular flexibility index (Phi) is 5.09. The van der Waals surface area contributed by atoms with Crippen LogP contribution < -0.4 is 4.74 Å². The third-order valence-electron chi connectivity index (χ3n) is 2.94. The Morgan fingerprint density at radius 3 is 1.82 bits per heavy atom. The quantitative estimate of drug-likeness (QED) is 0.492. The highest BCUT2D eigenvalue weighted by atomic mass is 16.5. The van der Waals surface area contributed by atoms with Gasteiger partial charge in [0.1, 0.15) is 5.75 Å². The number of hydrogen-bond donors (Lipinski definition) is 0. The van der Waals surface area contributed by atoms with E-state index in [0.29, 0.717) is 11.3 Å². The van der Waals surface area contributed by atoms with Crippen molar-refractivity contribution in [1.29, 1.82) is 0 Å². The van der Waals surface area contributed by atoms with Gasteiger partial charge < -0.3 is 9.47 Å². The third kappa shape index (κ3) is 4.31. The van der Waals surface area contributed by atoms with E-state index in [1.165, 1.54) is 14.0 Å². The summed E-state index contributed by atoms with van der Waals surface area (Å²) >= 11 is 0. The fraction of sp³-hybridized carbons (Fsp3) is 0.111. The SMILES string of the molecule is COC(=O)c1ccc(/C=C/c2ccc(OC(C)=O)cc2)cc1. The number of ether oxygens (including phenoxy) is 2. The highest BCUT2D eigenvalue weighted by molar-refractivity contribution is 5.89. The summed E-state index contributed by atoms with van der Waals surface area (Å²) < 4.78 is 9.62. The Labute approximate surface area is 129 Å². The van der Waals surface area contributed by atoms with Crippen molar-refractivity contribution in [3.63, 3.8) is 0 Å². The van der Waals surface area contributed by atoms with Crippen molar-refractivity contribution in [1.82, 2.24) is 0 Å². The van der Waals surface area contributed by atoms with Crippen molar-refractivity contribution in [3.05, 3.63) is 65.2 Å². The zero-order chi connectivity index (χ0) is 15.9. The summed E-state index contributed by atoms with van der Waals surface area (Å²) in [4.78, 5) is 22.2. The number of benzene rings is 2. The van der Waals surface area contributed by atoms with E-state index in [-0.39, 0.29) is 11.9 Å². The molecule has 0 heterocycles. The standard InChI is InChI=1S/C18H16O4/c1-13(19)22-17-11-7-15(8-12-17)4-3-14-5-9-16(10-6-14)18(20)21-2/h3-12H,1-2H3/b4-3+. The van der Waals surface area contributed by atoms with Crippen LogP contribution in [0.1, 0.15) is 28.4 Å². The second-order valence-corrected chi connectivity index (χ2v) is 4.61. The Balaban J connectivity index is 2.05. The smallest absolute Gasteiger partial charge is 0.337 e. The Morgan fingerprint density at radius 1 is 0.864 bits per heavy atom. The van der Waals surface area contributed by atoms with Crippen LogP contribution in [0.4, 0.5) is 0 Å². The van der Waals surface area contributed by atoms with Gasteiger partial charge in [-0.2, -0.15) is 0 Å². The van der Waals surface area contributed by atoms with Gasteiger partial charge in [-0.1, -0.05) is 36.4 Å². The predicted octanol–water partition coefficient (Wildman–Crippen LogP) is 3.57. The fourth-order valence-electron chi connectivity index (χ4n) is 1.85. The van der Waals surface area contributed by atoms with Crippen LogP contribution >= 0.6 is 0 Å². The van der Waals surface area contributed by atoms with Gasteiger partial charge >= 0.3 is 11.9 Å². The van der Waals surface area contributed by atoms with Gasteiger partial charge in [-0.05, 0) is 35.4 Å². The van der Waals surface area contributed by atoms with Gasteiger partial charge in [-0.25, -0.2) is 4.79 Å². The van der Waals surface area contributed by atoms with Crippen LogP contribution in [-0.4, -0.2) is 19.0 Å². The number of rotatable bonds is 4. The molecule has 112 valence electrons. The molecule has 22 heavy (non-hydrogen) atoms. The van der Waals surface area contributed by atoms with E-state index in [4.69, 9.17) is 4.74 Å². The predicted molar refractivity (Wildman–Crippen MR) is 84.5 cm³/mol. The molecule has 0 radical (unpaired) electrons. The minimum Gasteiger partial charge on any atom is -0.465 e. The molecule has 4 nitrogen and oxygen atoms in total. The van der Waals surface area contributed by atoms with Crippen molar-refractivity contribution < 1.29 is 19.1 Å². The molecule has 0 spiro atoms. The molecular weight excluding hydrogens is 280 g/mol. The monoisotopic (exact) mass is 296 g/mol. The van der Waals surface area contributed by atoms with Crippen LogP contribution in [0.15, 0.2) is 48.5 Å². The summed E-state index contributed by atoms with van der Waals surface area (Å²) in [5.41, 5.74) is 2.47. The molecule has 2 rings (SSSR count). The van der Waals surface area contributed by atoms with Gasteiger partial charge in [0.2, 0.25) is 0 Å². The van der Waals surface area contributed by atoms with Crippen molar-refractivity contribution in [2.45, 2.75) is 6.92 Å². The molecule has 0 aromatic heterocycles. The first kappa shape index (κ1) is 15.5. The maximum atomic E-state index is 11.3. The van der Waals surface area contributed by atoms with Gasteiger partial charge in [0.25, 0.3) is 0 Å². The van der Waals surface area contributed by atoms with E-state index < -0.39 is 0 Å². The first-order valence-electron chi connectivity index (χ1n) is 6.73. The molecule has 0 unspecified atom stereocenters. The van der Waals surface area contributed by atoms with Crippen molar-refractivity contribution in [3.8, 4) is 5.75 Å². The second-order valence-electron chi connectivity index (χ2n) is 4.61. The Bertz CT molecular complexity index is 682. The molecule has 0 aliphatic rings. The number of carbonyl (C=O) groups is 2. The maximum absolute atomic E-state index is 11.3. The maximum Gasteiger partial charge on any atom is 0.337 e. The molecule has 0 aliphatic carbocycles. The normalized spacial score (nSPS) is 10.5. The van der Waals surface area contributed by atoms with Crippen LogP contribution in [-0.2, 0) is 9.53 Å². The van der Waals surface area contributed by atoms with Gasteiger partial charge in [-0.3, -0.25) is 4.79 Å². The van der Waals surface area contributed by atoms with Gasteiger partial charge in [0, 0.05) is 6.92 Å². The summed E-state index contributed by atoms with van der Waals surface area (Å²) in [6.45, 7) is 1.37. The molecule has 0 N–H and O–H groups in total. The summed E-state index contributed by atoms with van der Waals surface area (Å²) in [5, 5.41) is 0. The number of esters is 2. The Hall–Kier alpha value is -2.88. The molecule has 0 saturated heterocycles. The van der Waals surface area contributed by atoms with E-state index in [9.17, 15) is 9.59 Å². The van der Waals surface area contributed by atoms with Crippen molar-refractivity contribution >= 4 is 24.1 Å². The topological polar surface area (TPSA) is 52.6 Å². The summed E-state index contributed by atoms with van der Waals surface area (Å²) in [6.07, 6.45) is 3.87. The summed E-state index contributed by atoms with van der Waals surface area (Å²) in [5.74, 6) is -0.169. The number of hydrogen-bond acceptors (Lipinski definition) is 4. The first-order valence-corrected chi connectivity index (χ1v) is 6.73. The van der Waals surface area contributed by atoms with Crippen LogP contribution in [0.2, 0.25) is 0 Å². The number of carbonyl (C=O) groups excluding carboxylic acids is 2. The number of methoxy groups -OCH3 is 1. The van der Waals surface area contributed by atoms with Crippen LogP contribution in [0.25, 0.3) is 12.2 Å². The second kappa shape index (κ2) is 7.22. The lowest BCUT2D eigenvalue weighted by molar-refractivity contribution is -0.131. The van der Waals surface area contributed by atoms with Crippen molar-refractivity contribution in [2.24, 2.45) is 0 Å². The molecule has 2 aromatic carbocycles. The van der Waals surface area contributed by atoms with Gasteiger partial charge in [0.05, 0.1) is 12.7 Å². The zero-order valence-electron chi connectivity index (χ0n) is 12.4.